The van der Waals surface area contributed by atoms with Crippen LogP contribution in [0.1, 0.15) is 141 Å². The van der Waals surface area contributed by atoms with Crippen LogP contribution in [0.25, 0.3) is 62.7 Å². The summed E-state index contributed by atoms with van der Waals surface area (Å²) in [5, 5.41) is 36.4. The van der Waals surface area contributed by atoms with Crippen LogP contribution >= 0.6 is 0 Å². The highest BCUT2D eigenvalue weighted by atomic mass is 16.8. The van der Waals surface area contributed by atoms with Crippen molar-refractivity contribution in [2.45, 2.75) is 250 Å². The Kier molecular flexibility index (Phi) is 19.5. The fourth-order valence-corrected chi connectivity index (χ4v) is 13.4. The van der Waals surface area contributed by atoms with Gasteiger partial charge in [0, 0.05) is 93.0 Å². The molecule has 5 aliphatic heterocycles. The molecule has 32 heteroatoms. The lowest BCUT2D eigenvalue weighted by Crippen LogP contribution is -2.67. The van der Waals surface area contributed by atoms with Crippen molar-refractivity contribution in [2.75, 3.05) is 33.2 Å². The molecule has 5 aliphatic carbocycles. The predicted molar refractivity (Wildman–Crippen MR) is 276 cm³/mol. The molecule has 9 fully saturated rings. The minimum Gasteiger partial charge on any atom is -0.469 e. The van der Waals surface area contributed by atoms with Gasteiger partial charge in [-0.2, -0.15) is 0 Å². The zero-order chi connectivity index (χ0) is 56.3. The van der Waals surface area contributed by atoms with E-state index in [1.165, 1.54) is 6.08 Å². The Morgan fingerprint density at radius 2 is 1.20 bits per heavy atom. The molecule has 14 atom stereocenters. The summed E-state index contributed by atoms with van der Waals surface area (Å²) in [5.41, 5.74) is 58.8. The smallest absolute Gasteiger partial charge is 0.189 e. The molecule has 0 aromatic carbocycles. The molecule has 10 rings (SSSR count). The van der Waals surface area contributed by atoms with E-state index in [1.807, 2.05) is 0 Å². The zero-order valence-corrected chi connectivity index (χ0v) is 45.1. The van der Waals surface area contributed by atoms with E-state index in [4.69, 9.17) is 61.6 Å². The minimum atomic E-state index is -2.13. The molecule has 5 heterocycles. The van der Waals surface area contributed by atoms with Gasteiger partial charge in [-0.05, 0) is 91.0 Å². The molecule has 440 valence electrons. The van der Waals surface area contributed by atoms with Crippen molar-refractivity contribution in [1.29, 1.82) is 0 Å². The van der Waals surface area contributed by atoms with Crippen molar-refractivity contribution in [3.8, 4) is 0 Å². The van der Waals surface area contributed by atoms with Crippen LogP contribution in [0.3, 0.4) is 0 Å². The molecule has 4 saturated heterocycles. The Morgan fingerprint density at radius 1 is 0.605 bits per heavy atom. The highest BCUT2D eigenvalue weighted by molar-refractivity contribution is 5.18. The lowest BCUT2D eigenvalue weighted by atomic mass is 9.84. The first-order valence-electron chi connectivity index (χ1n) is 28.5. The van der Waals surface area contributed by atoms with Gasteiger partial charge in [0.15, 0.2) is 42.5 Å². The van der Waals surface area contributed by atoms with Crippen molar-refractivity contribution in [1.82, 2.24) is 0 Å². The van der Waals surface area contributed by atoms with Crippen LogP contribution in [-0.2, 0) is 61.6 Å². The number of aliphatic hydroxyl groups is 1. The molecule has 0 bridgehead atoms. The summed E-state index contributed by atoms with van der Waals surface area (Å²) < 4.78 is 85.7. The van der Waals surface area contributed by atoms with Crippen LogP contribution in [0.15, 0.2) is 53.9 Å². The molecule has 81 heavy (non-hydrogen) atoms. The number of hydrogen-bond acceptors (Lipinski definition) is 20. The fraction of sp³-hybridized carbons (Fsp3) is 0.918. The third kappa shape index (κ3) is 13.4. The number of rotatable bonds is 16. The standard InChI is InChI=1S/C49H70N18O14/c50-62-56-29-23-30(57-63-51)34(26-73-46(72-25-29)14-5-1-6-15-46)75-44(68)36(60-66-54)40(33-13-22-71-47(78-33)16-7-2-8-17-47)69-28-70-42-37(61-67-55)45(76-35-27-74-48(80-41(35)42)18-9-3-10-19-48)77-38-31(58-64-52)24-32(59-65-53)39-43(38)81-49(79-39)20-11-4-12-21-49/h23,29,31-35,37-39,41-45,68H,1-22,24-28H2/b30-23+,40-36+/t29?,31?,32?,33-,34+,35?,37?,38-,39?,41-,42?,43?,44-,45-/m1/s1. The van der Waals surface area contributed by atoms with E-state index in [2.05, 4.69) is 60.2 Å². The lowest BCUT2D eigenvalue weighted by molar-refractivity contribution is -0.393. The number of azide groups is 6. The molecule has 4 spiro atoms. The first-order valence-corrected chi connectivity index (χ1v) is 28.5. The van der Waals surface area contributed by atoms with Crippen molar-refractivity contribution < 1.29 is 66.7 Å². The van der Waals surface area contributed by atoms with E-state index in [0.29, 0.717) is 51.4 Å². The van der Waals surface area contributed by atoms with Crippen molar-refractivity contribution in [2.24, 2.45) is 30.7 Å². The van der Waals surface area contributed by atoms with Crippen molar-refractivity contribution in [3.63, 3.8) is 0 Å². The van der Waals surface area contributed by atoms with Gasteiger partial charge in [0.2, 0.25) is 0 Å². The number of ether oxygens (including phenoxy) is 13. The van der Waals surface area contributed by atoms with E-state index in [-0.39, 0.29) is 50.7 Å². The van der Waals surface area contributed by atoms with Crippen LogP contribution < -0.4 is 0 Å². The lowest BCUT2D eigenvalue weighted by Gasteiger charge is -2.53. The largest absolute Gasteiger partial charge is 0.469 e. The monoisotopic (exact) mass is 1130 g/mol. The normalized spacial score (nSPS) is 37.0. The van der Waals surface area contributed by atoms with E-state index < -0.39 is 121 Å². The molecular formula is C49H70N18O14. The quantitative estimate of drug-likeness (QED) is 0.0494. The Bertz CT molecular complexity index is 2570. The number of aliphatic hydroxyl groups excluding tert-OH is 1. The van der Waals surface area contributed by atoms with Crippen LogP contribution in [0, 0.1) is 0 Å². The topological polar surface area (TPSA) is 433 Å². The van der Waals surface area contributed by atoms with Gasteiger partial charge >= 0.3 is 0 Å². The molecule has 10 aliphatic rings. The first kappa shape index (κ1) is 58.8. The third-order valence-electron chi connectivity index (χ3n) is 17.3. The maximum atomic E-state index is 12.3. The van der Waals surface area contributed by atoms with Crippen LogP contribution in [-0.4, -0.2) is 147 Å². The molecule has 32 nitrogen and oxygen atoms in total. The van der Waals surface area contributed by atoms with Crippen LogP contribution in [0.2, 0.25) is 0 Å². The molecule has 0 amide bonds. The van der Waals surface area contributed by atoms with E-state index in [0.717, 1.165) is 77.0 Å². The van der Waals surface area contributed by atoms with Gasteiger partial charge in [0.1, 0.15) is 54.1 Å². The zero-order valence-electron chi connectivity index (χ0n) is 45.1. The SMILES string of the molecule is [N-]=[N+]=N/C1=C/C(N=[N+]=[N-])COC2(CCCCC2)OC[C@@H]1O[C@@H](O)/C(N=[N+]=[N-])=C(\OCOC1C(N=[N+]=[N-])[C@@H](O[C@@H]2C(N=[N+]=[N-])CC(N=[N+]=[N-])C3OC4(CCCCC4)OC32)OC2COC3(CCCCC3)O[C@H]21)[C@H]1CCOC2(CCCCC2)O1. The molecule has 8 unspecified atom stereocenters. The Balaban J connectivity index is 0.985. The summed E-state index contributed by atoms with van der Waals surface area (Å²) in [6.07, 6.45) is 4.61. The van der Waals surface area contributed by atoms with E-state index >= 15 is 0 Å². The predicted octanol–water partition coefficient (Wildman–Crippen LogP) is 10.7. The third-order valence-corrected chi connectivity index (χ3v) is 17.3. The van der Waals surface area contributed by atoms with E-state index in [1.54, 1.807) is 0 Å². The summed E-state index contributed by atoms with van der Waals surface area (Å²) >= 11 is 0. The molecule has 1 N–H and O–H groups in total. The number of hydrogen-bond donors (Lipinski definition) is 1. The van der Waals surface area contributed by atoms with Gasteiger partial charge in [-0.3, -0.25) is 0 Å². The van der Waals surface area contributed by atoms with Gasteiger partial charge in [0.25, 0.3) is 0 Å². The maximum absolute atomic E-state index is 12.3. The highest BCUT2D eigenvalue weighted by Gasteiger charge is 2.61. The second-order valence-corrected chi connectivity index (χ2v) is 22.3. The molecule has 0 radical (unpaired) electrons. The highest BCUT2D eigenvalue weighted by Crippen LogP contribution is 2.49. The summed E-state index contributed by atoms with van der Waals surface area (Å²) in [4.78, 5) is 18.5. The van der Waals surface area contributed by atoms with Crippen molar-refractivity contribution in [3.05, 3.63) is 85.9 Å². The van der Waals surface area contributed by atoms with E-state index in [9.17, 15) is 38.3 Å². The van der Waals surface area contributed by atoms with Gasteiger partial charge in [-0.15, -0.1) is 0 Å². The summed E-state index contributed by atoms with van der Waals surface area (Å²) in [6.45, 7) is -0.876. The first-order chi connectivity index (χ1) is 39.6. The average Bonchev–Trinajstić information content (AvgIpc) is 3.90. The van der Waals surface area contributed by atoms with Crippen LogP contribution in [0.5, 0.6) is 0 Å². The Morgan fingerprint density at radius 3 is 1.85 bits per heavy atom. The Labute approximate surface area is 465 Å². The summed E-state index contributed by atoms with van der Waals surface area (Å²) in [5.74, 6) is -4.33. The Hall–Kier alpha value is -5.38. The molecule has 0 aromatic heterocycles. The number of nitrogens with zero attached hydrogens (tertiary/aromatic N) is 18. The van der Waals surface area contributed by atoms with Gasteiger partial charge in [-0.25, -0.2) is 0 Å². The average molecular weight is 1140 g/mol. The van der Waals surface area contributed by atoms with Crippen molar-refractivity contribution >= 4 is 0 Å². The molecular weight excluding hydrogens is 1060 g/mol. The maximum Gasteiger partial charge on any atom is 0.189 e. The molecule has 0 aromatic rings. The second kappa shape index (κ2) is 26.9. The number of fused-ring (bicyclic) bond motifs is 2. The summed E-state index contributed by atoms with van der Waals surface area (Å²) in [6, 6.07) is -4.04. The van der Waals surface area contributed by atoms with Gasteiger partial charge in [0.05, 0.1) is 56.8 Å². The van der Waals surface area contributed by atoms with Gasteiger partial charge in [-0.1, -0.05) is 62.4 Å². The second-order valence-electron chi connectivity index (χ2n) is 22.3. The summed E-state index contributed by atoms with van der Waals surface area (Å²) in [7, 11) is 0. The fourth-order valence-electron chi connectivity index (χ4n) is 13.4. The minimum absolute atomic E-state index is 0.0220. The van der Waals surface area contributed by atoms with Gasteiger partial charge < -0.3 is 66.7 Å². The molecule has 5 saturated carbocycles. The van der Waals surface area contributed by atoms with Crippen LogP contribution in [0.4, 0.5) is 0 Å².